The molecule has 2 rings (SSSR count). The third-order valence-electron chi connectivity index (χ3n) is 4.71. The Morgan fingerprint density at radius 3 is 2.81 bits per heavy atom. The number of thioether (sulfide) groups is 1. The predicted molar refractivity (Wildman–Crippen MR) is 95.0 cm³/mol. The molecule has 0 aliphatic heterocycles. The van der Waals surface area contributed by atoms with Gasteiger partial charge in [-0.25, -0.2) is 0 Å². The van der Waals surface area contributed by atoms with E-state index in [1.807, 2.05) is 0 Å². The normalized spacial score (nSPS) is 24.0. The number of nitrogens with one attached hydrogen (secondary N) is 1. The van der Waals surface area contributed by atoms with Crippen LogP contribution in [0.3, 0.4) is 0 Å². The highest BCUT2D eigenvalue weighted by Gasteiger charge is 2.24. The minimum absolute atomic E-state index is 0.457. The molecule has 1 aromatic rings. The lowest BCUT2D eigenvalue weighted by molar-refractivity contribution is 0.361. The standard InChI is InChI=1S/C19H31NS/c1-4-13-20-15(3)17-10-8-11-18(14-17)21-19-12-7-6-9-16(19)5-2/h8,10-11,14-16,19-20H,4-7,9,12-13H2,1-3H3. The molecule has 0 heterocycles. The molecule has 0 aromatic heterocycles. The average Bonchev–Trinajstić information content (AvgIpc) is 2.53. The second-order valence-corrected chi connectivity index (χ2v) is 7.67. The zero-order valence-corrected chi connectivity index (χ0v) is 14.7. The zero-order valence-electron chi connectivity index (χ0n) is 13.9. The second kappa shape index (κ2) is 8.85. The maximum Gasteiger partial charge on any atom is 0.0292 e. The van der Waals surface area contributed by atoms with Crippen LogP contribution in [0.5, 0.6) is 0 Å². The molecular weight excluding hydrogens is 274 g/mol. The summed E-state index contributed by atoms with van der Waals surface area (Å²) < 4.78 is 0. The summed E-state index contributed by atoms with van der Waals surface area (Å²) in [6.07, 6.45) is 8.22. The molecule has 0 amide bonds. The first-order valence-electron chi connectivity index (χ1n) is 8.74. The average molecular weight is 306 g/mol. The third kappa shape index (κ3) is 5.03. The number of hydrogen-bond acceptors (Lipinski definition) is 2. The molecule has 1 saturated carbocycles. The van der Waals surface area contributed by atoms with Crippen molar-refractivity contribution in [1.29, 1.82) is 0 Å². The Morgan fingerprint density at radius 2 is 2.05 bits per heavy atom. The first-order valence-corrected chi connectivity index (χ1v) is 9.62. The van der Waals surface area contributed by atoms with Crippen LogP contribution < -0.4 is 5.32 Å². The summed E-state index contributed by atoms with van der Waals surface area (Å²) in [6, 6.07) is 9.64. The van der Waals surface area contributed by atoms with Gasteiger partial charge in [-0.1, -0.05) is 45.2 Å². The van der Waals surface area contributed by atoms with Crippen LogP contribution in [0, 0.1) is 5.92 Å². The van der Waals surface area contributed by atoms with E-state index >= 15 is 0 Å². The Kier molecular flexibility index (Phi) is 7.12. The molecule has 0 bridgehead atoms. The molecule has 0 saturated heterocycles. The van der Waals surface area contributed by atoms with Gasteiger partial charge in [-0.05, 0) is 56.3 Å². The van der Waals surface area contributed by atoms with Crippen LogP contribution in [0.2, 0.25) is 0 Å². The van der Waals surface area contributed by atoms with E-state index in [2.05, 4.69) is 62.1 Å². The molecular formula is C19H31NS. The molecule has 1 N–H and O–H groups in total. The first-order chi connectivity index (χ1) is 10.2. The van der Waals surface area contributed by atoms with Gasteiger partial charge in [-0.15, -0.1) is 11.8 Å². The van der Waals surface area contributed by atoms with E-state index in [1.54, 1.807) is 0 Å². The molecule has 1 fully saturated rings. The topological polar surface area (TPSA) is 12.0 Å². The van der Waals surface area contributed by atoms with E-state index in [9.17, 15) is 0 Å². The van der Waals surface area contributed by atoms with E-state index in [4.69, 9.17) is 0 Å². The quantitative estimate of drug-likeness (QED) is 0.682. The minimum Gasteiger partial charge on any atom is -0.310 e. The van der Waals surface area contributed by atoms with Crippen molar-refractivity contribution in [2.75, 3.05) is 6.54 Å². The predicted octanol–water partition coefficient (Wildman–Crippen LogP) is 5.81. The Labute approximate surface area is 135 Å². The number of benzene rings is 1. The van der Waals surface area contributed by atoms with Gasteiger partial charge in [0, 0.05) is 16.2 Å². The first kappa shape index (κ1) is 16.9. The molecule has 118 valence electrons. The summed E-state index contributed by atoms with van der Waals surface area (Å²) in [5, 5.41) is 4.42. The number of rotatable bonds is 7. The molecule has 3 unspecified atom stereocenters. The minimum atomic E-state index is 0.457. The Balaban J connectivity index is 1.99. The molecule has 0 spiro atoms. The maximum absolute atomic E-state index is 3.59. The molecule has 21 heavy (non-hydrogen) atoms. The number of hydrogen-bond donors (Lipinski definition) is 1. The fraction of sp³-hybridized carbons (Fsp3) is 0.684. The highest BCUT2D eigenvalue weighted by molar-refractivity contribution is 8.00. The van der Waals surface area contributed by atoms with Gasteiger partial charge in [0.15, 0.2) is 0 Å². The van der Waals surface area contributed by atoms with Gasteiger partial charge in [0.1, 0.15) is 0 Å². The maximum atomic E-state index is 3.59. The summed E-state index contributed by atoms with van der Waals surface area (Å²) >= 11 is 2.12. The monoisotopic (exact) mass is 305 g/mol. The second-order valence-electron chi connectivity index (χ2n) is 6.36. The Bertz CT molecular complexity index is 418. The van der Waals surface area contributed by atoms with E-state index in [0.29, 0.717) is 6.04 Å². The molecule has 0 radical (unpaired) electrons. The Morgan fingerprint density at radius 1 is 1.24 bits per heavy atom. The van der Waals surface area contributed by atoms with Crippen LogP contribution in [-0.2, 0) is 0 Å². The summed E-state index contributed by atoms with van der Waals surface area (Å²) in [7, 11) is 0. The van der Waals surface area contributed by atoms with Gasteiger partial charge >= 0.3 is 0 Å². The Hall–Kier alpha value is -0.470. The van der Waals surface area contributed by atoms with Crippen molar-refractivity contribution in [2.45, 2.75) is 75.5 Å². The van der Waals surface area contributed by atoms with Crippen molar-refractivity contribution < 1.29 is 0 Å². The summed E-state index contributed by atoms with van der Waals surface area (Å²) in [5.74, 6) is 0.919. The lowest BCUT2D eigenvalue weighted by Gasteiger charge is -2.30. The highest BCUT2D eigenvalue weighted by atomic mass is 32.2. The van der Waals surface area contributed by atoms with Crippen molar-refractivity contribution >= 4 is 11.8 Å². The highest BCUT2D eigenvalue weighted by Crippen LogP contribution is 2.39. The smallest absolute Gasteiger partial charge is 0.0292 e. The molecule has 1 aliphatic rings. The SMILES string of the molecule is CCCNC(C)c1cccc(SC2CCCCC2CC)c1. The lowest BCUT2D eigenvalue weighted by Crippen LogP contribution is -2.21. The van der Waals surface area contributed by atoms with Gasteiger partial charge in [0.25, 0.3) is 0 Å². The fourth-order valence-corrected chi connectivity index (χ4v) is 4.82. The van der Waals surface area contributed by atoms with Crippen molar-refractivity contribution in [3.05, 3.63) is 29.8 Å². The van der Waals surface area contributed by atoms with Crippen molar-refractivity contribution in [3.63, 3.8) is 0 Å². The van der Waals surface area contributed by atoms with Crippen LogP contribution in [-0.4, -0.2) is 11.8 Å². The van der Waals surface area contributed by atoms with E-state index in [-0.39, 0.29) is 0 Å². The van der Waals surface area contributed by atoms with Gasteiger partial charge in [-0.3, -0.25) is 0 Å². The van der Waals surface area contributed by atoms with Gasteiger partial charge in [0.2, 0.25) is 0 Å². The largest absolute Gasteiger partial charge is 0.310 e. The van der Waals surface area contributed by atoms with Crippen LogP contribution in [0.1, 0.15) is 70.9 Å². The molecule has 1 nitrogen and oxygen atoms in total. The van der Waals surface area contributed by atoms with Gasteiger partial charge < -0.3 is 5.32 Å². The zero-order chi connectivity index (χ0) is 15.1. The van der Waals surface area contributed by atoms with Crippen molar-refractivity contribution in [1.82, 2.24) is 5.32 Å². The fourth-order valence-electron chi connectivity index (χ4n) is 3.31. The van der Waals surface area contributed by atoms with Crippen molar-refractivity contribution in [3.8, 4) is 0 Å². The molecule has 1 aliphatic carbocycles. The van der Waals surface area contributed by atoms with E-state index < -0.39 is 0 Å². The van der Waals surface area contributed by atoms with Gasteiger partial charge in [0.05, 0.1) is 0 Å². The van der Waals surface area contributed by atoms with Crippen molar-refractivity contribution in [2.24, 2.45) is 5.92 Å². The van der Waals surface area contributed by atoms with E-state index in [1.165, 1.54) is 49.0 Å². The van der Waals surface area contributed by atoms with Crippen LogP contribution in [0.15, 0.2) is 29.2 Å². The van der Waals surface area contributed by atoms with E-state index in [0.717, 1.165) is 17.7 Å². The summed E-state index contributed by atoms with van der Waals surface area (Å²) in [4.78, 5) is 1.46. The lowest BCUT2D eigenvalue weighted by atomic mass is 9.87. The van der Waals surface area contributed by atoms with Crippen LogP contribution in [0.25, 0.3) is 0 Å². The summed E-state index contributed by atoms with van der Waals surface area (Å²) in [6.45, 7) is 7.95. The molecule has 2 heteroatoms. The van der Waals surface area contributed by atoms with Crippen LogP contribution >= 0.6 is 11.8 Å². The third-order valence-corrected chi connectivity index (χ3v) is 6.16. The summed E-state index contributed by atoms with van der Waals surface area (Å²) in [5.41, 5.74) is 1.43. The molecule has 3 atom stereocenters. The van der Waals surface area contributed by atoms with Gasteiger partial charge in [-0.2, -0.15) is 0 Å². The van der Waals surface area contributed by atoms with Crippen LogP contribution in [0.4, 0.5) is 0 Å². The molecule has 1 aromatic carbocycles.